The van der Waals surface area contributed by atoms with Crippen molar-refractivity contribution in [2.45, 2.75) is 28.6 Å². The Bertz CT molecular complexity index is 1940. The predicted octanol–water partition coefficient (Wildman–Crippen LogP) is -0.510. The topological polar surface area (TPSA) is 261 Å². The van der Waals surface area contributed by atoms with Crippen LogP contribution in [0.5, 0.6) is 0 Å². The minimum Gasteiger partial charge on any atom is -0.394 e. The molecular formula is C27H32ClFN6O10S2. The van der Waals surface area contributed by atoms with E-state index in [2.05, 4.69) is 15.6 Å². The summed E-state index contributed by atoms with van der Waals surface area (Å²) in [5.74, 6) is -0.683. The molecule has 16 nitrogen and oxygen atoms in total. The Morgan fingerprint density at radius 2 is 1.68 bits per heavy atom. The molecule has 47 heavy (non-hydrogen) atoms. The van der Waals surface area contributed by atoms with Crippen molar-refractivity contribution in [1.82, 2.24) is 14.9 Å². The molecule has 20 heteroatoms. The van der Waals surface area contributed by atoms with Gasteiger partial charge >= 0.3 is 11.7 Å². The zero-order valence-corrected chi connectivity index (χ0v) is 27.1. The second-order valence-corrected chi connectivity index (χ2v) is 13.5. The van der Waals surface area contributed by atoms with Gasteiger partial charge in [0.15, 0.2) is 0 Å². The van der Waals surface area contributed by atoms with E-state index in [1.165, 1.54) is 49.5 Å². The van der Waals surface area contributed by atoms with Crippen LogP contribution in [-0.4, -0.2) is 101 Å². The second-order valence-electron chi connectivity index (χ2n) is 9.74. The highest BCUT2D eigenvalue weighted by atomic mass is 35.5. The molecule has 0 unspecified atom stereocenters. The zero-order chi connectivity index (χ0) is 35.2. The summed E-state index contributed by atoms with van der Waals surface area (Å²) in [7, 11) is -1.29. The first kappa shape index (κ1) is 37.5. The lowest BCUT2D eigenvalue weighted by atomic mass is 10.0. The Balaban J connectivity index is 0.000000392. The number of urea groups is 1. The fraction of sp³-hybridized carbons (Fsp3) is 0.296. The number of rotatable bonds is 11. The van der Waals surface area contributed by atoms with Gasteiger partial charge in [-0.3, -0.25) is 4.79 Å². The third-order valence-electron chi connectivity index (χ3n) is 6.58. The summed E-state index contributed by atoms with van der Waals surface area (Å²) < 4.78 is 41.1. The monoisotopic (exact) mass is 718 g/mol. The number of fused-ring (bicyclic) bond motifs is 1. The molecule has 4 rings (SSSR count). The molecule has 0 bridgehead atoms. The number of nitrogens with zero attached hydrogens (tertiary/aromatic N) is 2. The Labute approximate surface area is 275 Å². The number of benzene rings is 2. The van der Waals surface area contributed by atoms with Gasteiger partial charge in [0, 0.05) is 13.6 Å². The predicted molar refractivity (Wildman–Crippen MR) is 173 cm³/mol. The van der Waals surface area contributed by atoms with Gasteiger partial charge in [-0.1, -0.05) is 11.6 Å². The lowest BCUT2D eigenvalue weighted by Crippen LogP contribution is -2.48. The Morgan fingerprint density at radius 1 is 1.06 bits per heavy atom. The first-order chi connectivity index (χ1) is 22.1. The average Bonchev–Trinajstić information content (AvgIpc) is 3.48. The van der Waals surface area contributed by atoms with Gasteiger partial charge < -0.3 is 46.9 Å². The van der Waals surface area contributed by atoms with E-state index >= 15 is 0 Å². The SMILES string of the molecule is CNC[C@H](O)[C@@H](O)[C@H](O)[C@H](O)CO.CNc1cc2[nH]c(=O)n(-c3ccc(N(C(N)=O)S(=O)(=O)c4ccc(Cl)s4)cc3)c(=O)c2cc1F. The van der Waals surface area contributed by atoms with E-state index in [9.17, 15) is 32.3 Å². The van der Waals surface area contributed by atoms with Crippen LogP contribution in [0.25, 0.3) is 16.6 Å². The molecule has 0 aliphatic carbocycles. The van der Waals surface area contributed by atoms with Crippen molar-refractivity contribution in [2.75, 3.05) is 36.9 Å². The highest BCUT2D eigenvalue weighted by molar-refractivity contribution is 7.95. The van der Waals surface area contributed by atoms with Crippen molar-refractivity contribution in [2.24, 2.45) is 5.73 Å². The fourth-order valence-corrected chi connectivity index (χ4v) is 7.09. The molecule has 0 spiro atoms. The normalized spacial score (nSPS) is 14.1. The molecular weight excluding hydrogens is 687 g/mol. The number of nitrogens with two attached hydrogens (primary N) is 1. The van der Waals surface area contributed by atoms with Gasteiger partial charge in [-0.15, -0.1) is 11.3 Å². The Hall–Kier alpha value is -3.92. The van der Waals surface area contributed by atoms with Crippen LogP contribution >= 0.6 is 22.9 Å². The van der Waals surface area contributed by atoms with Crippen LogP contribution in [0.2, 0.25) is 4.34 Å². The van der Waals surface area contributed by atoms with E-state index in [1.54, 1.807) is 7.05 Å². The van der Waals surface area contributed by atoms with Crippen LogP contribution in [0.4, 0.5) is 20.6 Å². The van der Waals surface area contributed by atoms with Crippen LogP contribution in [0, 0.1) is 5.82 Å². The molecule has 2 amide bonds. The molecule has 2 heterocycles. The molecule has 0 saturated heterocycles. The molecule has 0 radical (unpaired) electrons. The summed E-state index contributed by atoms with van der Waals surface area (Å²) in [6.07, 6.45) is -5.65. The number of aromatic nitrogens is 2. The van der Waals surface area contributed by atoms with Crippen LogP contribution in [0.15, 0.2) is 62.3 Å². The van der Waals surface area contributed by atoms with Crippen molar-refractivity contribution in [3.8, 4) is 5.69 Å². The number of primary amides is 1. The highest BCUT2D eigenvalue weighted by Gasteiger charge is 2.31. The van der Waals surface area contributed by atoms with Crippen molar-refractivity contribution in [1.29, 1.82) is 0 Å². The number of aliphatic hydroxyl groups is 5. The quantitative estimate of drug-likeness (QED) is 0.0950. The number of amides is 2. The third kappa shape index (κ3) is 8.33. The van der Waals surface area contributed by atoms with Crippen molar-refractivity contribution < 1.29 is 43.1 Å². The highest BCUT2D eigenvalue weighted by Crippen LogP contribution is 2.31. The number of carbonyl (C=O) groups excluding carboxylic acids is 1. The maximum atomic E-state index is 14.2. The van der Waals surface area contributed by atoms with Crippen LogP contribution in [0.1, 0.15) is 0 Å². The number of nitrogens with one attached hydrogen (secondary N) is 3. The van der Waals surface area contributed by atoms with E-state index in [4.69, 9.17) is 37.8 Å². The average molecular weight is 719 g/mol. The number of aromatic amines is 1. The standard InChI is InChI=1S/C20H15ClFN5O5S2.C7H17NO5/c1-24-15-9-14-12(8-13(15)22)18(28)26(20(30)25-14)10-2-4-11(5-3-10)27(19(23)29)34(31,32)17-7-6-16(21)33-17;1-8-2-4(10)6(12)7(13)5(11)3-9/h2-9,24H,1H3,(H2,23,29)(H,25,30);4-13H,2-3H2,1H3/t;4-,5+,6+,7+/m.0/s1. The smallest absolute Gasteiger partial charge is 0.333 e. The number of likely N-dealkylation sites (N-methyl/N-ethyl adjacent to an activating group) is 1. The number of sulfonamides is 1. The fourth-order valence-electron chi connectivity index (χ4n) is 4.20. The van der Waals surface area contributed by atoms with Gasteiger partial charge in [0.25, 0.3) is 15.6 Å². The number of H-pyrrole nitrogens is 1. The third-order valence-corrected chi connectivity index (χ3v) is 10.0. The summed E-state index contributed by atoms with van der Waals surface area (Å²) in [5, 5.41) is 50.0. The van der Waals surface area contributed by atoms with Gasteiger partial charge in [-0.2, -0.15) is 12.7 Å². The number of hydrogen-bond acceptors (Lipinski definition) is 13. The number of carbonyl (C=O) groups is 1. The molecule has 10 N–H and O–H groups in total. The van der Waals surface area contributed by atoms with E-state index < -0.39 is 64.1 Å². The maximum Gasteiger partial charge on any atom is 0.333 e. The molecule has 0 saturated carbocycles. The molecule has 4 atom stereocenters. The zero-order valence-electron chi connectivity index (χ0n) is 24.7. The summed E-state index contributed by atoms with van der Waals surface area (Å²) in [4.78, 5) is 40.1. The van der Waals surface area contributed by atoms with Gasteiger partial charge in [0.2, 0.25) is 0 Å². The Kier molecular flexibility index (Phi) is 12.6. The lowest BCUT2D eigenvalue weighted by Gasteiger charge is -2.25. The van der Waals surface area contributed by atoms with Crippen molar-refractivity contribution >= 4 is 61.3 Å². The Morgan fingerprint density at radius 3 is 2.19 bits per heavy atom. The molecule has 256 valence electrons. The van der Waals surface area contributed by atoms with E-state index in [-0.39, 0.29) is 43.1 Å². The minimum absolute atomic E-state index is 0.0518. The number of anilines is 2. The van der Waals surface area contributed by atoms with Crippen LogP contribution in [-0.2, 0) is 10.0 Å². The largest absolute Gasteiger partial charge is 0.394 e. The van der Waals surface area contributed by atoms with Crippen LogP contribution < -0.4 is 31.9 Å². The minimum atomic E-state index is -4.36. The summed E-state index contributed by atoms with van der Waals surface area (Å²) in [6.45, 7) is -0.569. The molecule has 0 aliphatic heterocycles. The first-order valence-electron chi connectivity index (χ1n) is 13.4. The van der Waals surface area contributed by atoms with Gasteiger partial charge in [0.05, 0.1) is 45.0 Å². The summed E-state index contributed by atoms with van der Waals surface area (Å²) in [5.41, 5.74) is 3.89. The van der Waals surface area contributed by atoms with Gasteiger partial charge in [0.1, 0.15) is 28.3 Å². The summed E-state index contributed by atoms with van der Waals surface area (Å²) in [6, 6.07) is 8.54. The van der Waals surface area contributed by atoms with E-state index in [1.807, 2.05) is 0 Å². The van der Waals surface area contributed by atoms with Gasteiger partial charge in [-0.05, 0) is 55.6 Å². The van der Waals surface area contributed by atoms with Crippen molar-refractivity contribution in [3.05, 3.63) is 79.5 Å². The molecule has 2 aromatic carbocycles. The summed E-state index contributed by atoms with van der Waals surface area (Å²) >= 11 is 6.56. The molecule has 2 aromatic heterocycles. The number of halogens is 2. The van der Waals surface area contributed by atoms with E-state index in [0.717, 1.165) is 22.0 Å². The van der Waals surface area contributed by atoms with E-state index in [0.29, 0.717) is 4.31 Å². The number of hydrogen-bond donors (Lipinski definition) is 9. The van der Waals surface area contributed by atoms with Gasteiger partial charge in [-0.25, -0.2) is 18.5 Å². The first-order valence-corrected chi connectivity index (χ1v) is 16.1. The molecule has 0 aliphatic rings. The molecule has 4 aromatic rings. The second kappa shape index (κ2) is 15.8. The van der Waals surface area contributed by atoms with Crippen molar-refractivity contribution in [3.63, 3.8) is 0 Å². The number of thiophene rings is 1. The van der Waals surface area contributed by atoms with Crippen LogP contribution in [0.3, 0.4) is 0 Å². The number of aliphatic hydroxyl groups excluding tert-OH is 5. The molecule has 0 fully saturated rings. The maximum absolute atomic E-state index is 14.2. The lowest BCUT2D eigenvalue weighted by molar-refractivity contribution is -0.113.